The molecule has 0 aliphatic carbocycles. The molecule has 0 atom stereocenters. The maximum absolute atomic E-state index is 11.8. The summed E-state index contributed by atoms with van der Waals surface area (Å²) in [6.07, 6.45) is 1.59. The molecular formula is C12H9BrN2O4. The summed E-state index contributed by atoms with van der Waals surface area (Å²) in [6, 6.07) is 5.66. The summed E-state index contributed by atoms with van der Waals surface area (Å²) in [5.41, 5.74) is 0.0492. The first-order valence-corrected chi connectivity index (χ1v) is 5.99. The van der Waals surface area contributed by atoms with Crippen molar-refractivity contribution in [1.82, 2.24) is 4.98 Å². The second kappa shape index (κ2) is 5.15. The van der Waals surface area contributed by atoms with Crippen molar-refractivity contribution in [2.75, 3.05) is 5.32 Å². The molecular weight excluding hydrogens is 316 g/mol. The Labute approximate surface area is 116 Å². The Kier molecular flexibility index (Phi) is 3.57. The van der Waals surface area contributed by atoms with Crippen LogP contribution in [0.4, 0.5) is 5.69 Å². The number of aromatic carboxylic acids is 1. The van der Waals surface area contributed by atoms with Crippen LogP contribution in [0.15, 0.2) is 34.9 Å². The van der Waals surface area contributed by atoms with Gasteiger partial charge in [-0.2, -0.15) is 0 Å². The number of anilines is 1. The van der Waals surface area contributed by atoms with Crippen LogP contribution in [-0.2, 0) is 0 Å². The molecule has 4 N–H and O–H groups in total. The third-order valence-corrected chi connectivity index (χ3v) is 2.86. The lowest BCUT2D eigenvalue weighted by molar-refractivity contribution is 0.0693. The number of aromatic nitrogens is 1. The van der Waals surface area contributed by atoms with Crippen molar-refractivity contribution in [1.29, 1.82) is 0 Å². The first-order valence-electron chi connectivity index (χ1n) is 5.19. The molecule has 0 saturated carbocycles. The number of phenols is 1. The van der Waals surface area contributed by atoms with Crippen LogP contribution in [0.3, 0.4) is 0 Å². The molecule has 1 aromatic carbocycles. The molecule has 98 valence electrons. The molecule has 19 heavy (non-hydrogen) atoms. The number of carboxylic acid groups (broad SMARTS) is 1. The fraction of sp³-hybridized carbons (Fsp3) is 0. The molecule has 1 aromatic heterocycles. The van der Waals surface area contributed by atoms with Crippen molar-refractivity contribution in [3.63, 3.8) is 0 Å². The van der Waals surface area contributed by atoms with Crippen molar-refractivity contribution in [2.45, 2.75) is 0 Å². The van der Waals surface area contributed by atoms with Gasteiger partial charge in [0.2, 0.25) is 0 Å². The Balaban J connectivity index is 2.27. The fourth-order valence-corrected chi connectivity index (χ4v) is 1.85. The van der Waals surface area contributed by atoms with E-state index in [4.69, 9.17) is 5.11 Å². The fourth-order valence-electron chi connectivity index (χ4n) is 1.51. The number of aromatic amines is 1. The molecule has 0 aliphatic heterocycles. The quantitative estimate of drug-likeness (QED) is 0.651. The van der Waals surface area contributed by atoms with Crippen LogP contribution >= 0.6 is 15.9 Å². The number of carboxylic acids is 1. The molecule has 0 spiro atoms. The summed E-state index contributed by atoms with van der Waals surface area (Å²) in [5.74, 6) is -2.23. The maximum Gasteiger partial charge on any atom is 0.339 e. The normalized spacial score (nSPS) is 10.2. The van der Waals surface area contributed by atoms with Crippen molar-refractivity contribution >= 4 is 33.5 Å². The Morgan fingerprint density at radius 3 is 2.63 bits per heavy atom. The average Bonchev–Trinajstić information content (AvgIpc) is 2.78. The number of para-hydroxylation sites is 1. The number of benzene rings is 1. The van der Waals surface area contributed by atoms with E-state index in [1.54, 1.807) is 12.3 Å². The zero-order chi connectivity index (χ0) is 14.0. The molecule has 0 radical (unpaired) electrons. The van der Waals surface area contributed by atoms with Crippen LogP contribution in [0.1, 0.15) is 20.8 Å². The molecule has 2 aromatic rings. The zero-order valence-electron chi connectivity index (χ0n) is 9.48. The highest BCUT2D eigenvalue weighted by atomic mass is 79.9. The Morgan fingerprint density at radius 2 is 2.05 bits per heavy atom. The Hall–Kier alpha value is -2.28. The number of nitrogens with one attached hydrogen (secondary N) is 2. The van der Waals surface area contributed by atoms with Gasteiger partial charge in [-0.3, -0.25) is 4.79 Å². The summed E-state index contributed by atoms with van der Waals surface area (Å²) in [5, 5.41) is 21.0. The summed E-state index contributed by atoms with van der Waals surface area (Å²) in [4.78, 5) is 25.4. The lowest BCUT2D eigenvalue weighted by Crippen LogP contribution is -2.13. The zero-order valence-corrected chi connectivity index (χ0v) is 11.1. The van der Waals surface area contributed by atoms with Crippen LogP contribution in [0.25, 0.3) is 0 Å². The number of hydrogen-bond acceptors (Lipinski definition) is 3. The number of carbonyl (C=O) groups excluding carboxylic acids is 1. The van der Waals surface area contributed by atoms with Crippen molar-refractivity contribution in [2.24, 2.45) is 0 Å². The average molecular weight is 325 g/mol. The highest BCUT2D eigenvalue weighted by molar-refractivity contribution is 9.10. The van der Waals surface area contributed by atoms with Gasteiger partial charge in [0.05, 0.1) is 5.69 Å². The topological polar surface area (TPSA) is 102 Å². The number of aromatic hydroxyl groups is 1. The minimum atomic E-state index is -1.27. The van der Waals surface area contributed by atoms with E-state index in [9.17, 15) is 14.7 Å². The number of rotatable bonds is 3. The van der Waals surface area contributed by atoms with Crippen molar-refractivity contribution in [3.8, 4) is 5.75 Å². The van der Waals surface area contributed by atoms with Gasteiger partial charge in [-0.1, -0.05) is 6.07 Å². The van der Waals surface area contributed by atoms with Gasteiger partial charge in [0, 0.05) is 10.7 Å². The van der Waals surface area contributed by atoms with Gasteiger partial charge < -0.3 is 20.5 Å². The predicted molar refractivity (Wildman–Crippen MR) is 71.5 cm³/mol. The van der Waals surface area contributed by atoms with E-state index in [0.717, 1.165) is 0 Å². The van der Waals surface area contributed by atoms with Crippen LogP contribution in [0, 0.1) is 0 Å². The molecule has 1 heterocycles. The Morgan fingerprint density at radius 1 is 1.32 bits per heavy atom. The number of carbonyl (C=O) groups is 2. The van der Waals surface area contributed by atoms with Gasteiger partial charge in [0.1, 0.15) is 11.3 Å². The van der Waals surface area contributed by atoms with E-state index in [1.807, 2.05) is 0 Å². The van der Waals surface area contributed by atoms with E-state index >= 15 is 0 Å². The minimum Gasteiger partial charge on any atom is -0.505 e. The minimum absolute atomic E-state index is 0.0376. The maximum atomic E-state index is 11.8. The van der Waals surface area contributed by atoms with Gasteiger partial charge in [0.15, 0.2) is 5.75 Å². The second-order valence-electron chi connectivity index (χ2n) is 3.69. The van der Waals surface area contributed by atoms with Crippen LogP contribution in [-0.4, -0.2) is 27.1 Å². The van der Waals surface area contributed by atoms with Crippen LogP contribution in [0.2, 0.25) is 0 Å². The highest BCUT2D eigenvalue weighted by Gasteiger charge is 2.15. The van der Waals surface area contributed by atoms with Gasteiger partial charge in [-0.15, -0.1) is 0 Å². The van der Waals surface area contributed by atoms with Crippen LogP contribution < -0.4 is 5.32 Å². The summed E-state index contributed by atoms with van der Waals surface area (Å²) in [7, 11) is 0. The summed E-state index contributed by atoms with van der Waals surface area (Å²) < 4.78 is 0.709. The molecule has 0 bridgehead atoms. The van der Waals surface area contributed by atoms with Crippen molar-refractivity contribution in [3.05, 3.63) is 46.2 Å². The van der Waals surface area contributed by atoms with Crippen LogP contribution in [0.5, 0.6) is 5.75 Å². The number of halogens is 1. The predicted octanol–water partition coefficient (Wildman–Crippen LogP) is 2.43. The number of hydrogen-bond donors (Lipinski definition) is 4. The summed E-state index contributed by atoms with van der Waals surface area (Å²) in [6.45, 7) is 0. The molecule has 7 heteroatoms. The SMILES string of the molecule is O=C(Nc1cccc(C(=O)O)c1O)c1cc(Br)c[nH]1. The standard InChI is InChI=1S/C12H9BrN2O4/c13-6-4-9(14-5-6)11(17)15-8-3-1-2-7(10(8)16)12(18)19/h1-5,14,16H,(H,15,17)(H,18,19). The first-order chi connectivity index (χ1) is 8.99. The Bertz CT molecular complexity index is 651. The summed E-state index contributed by atoms with van der Waals surface area (Å²) >= 11 is 3.19. The molecule has 0 aliphatic rings. The van der Waals surface area contributed by atoms with E-state index in [1.165, 1.54) is 18.2 Å². The third-order valence-electron chi connectivity index (χ3n) is 2.41. The van der Waals surface area contributed by atoms with Crippen molar-refractivity contribution < 1.29 is 19.8 Å². The molecule has 6 nitrogen and oxygen atoms in total. The molecule has 2 rings (SSSR count). The molecule has 1 amide bonds. The van der Waals surface area contributed by atoms with Gasteiger partial charge >= 0.3 is 5.97 Å². The molecule has 0 saturated heterocycles. The number of H-pyrrole nitrogens is 1. The first kappa shape index (κ1) is 13.2. The lowest BCUT2D eigenvalue weighted by Gasteiger charge is -2.08. The molecule has 0 fully saturated rings. The second-order valence-corrected chi connectivity index (χ2v) is 4.61. The lowest BCUT2D eigenvalue weighted by atomic mass is 10.1. The van der Waals surface area contributed by atoms with E-state index in [-0.39, 0.29) is 16.9 Å². The van der Waals surface area contributed by atoms with E-state index < -0.39 is 17.6 Å². The van der Waals surface area contributed by atoms with Gasteiger partial charge in [0.25, 0.3) is 5.91 Å². The number of amides is 1. The largest absolute Gasteiger partial charge is 0.505 e. The molecule has 0 unspecified atom stereocenters. The van der Waals surface area contributed by atoms with E-state index in [2.05, 4.69) is 26.2 Å². The monoisotopic (exact) mass is 324 g/mol. The van der Waals surface area contributed by atoms with Gasteiger partial charge in [-0.25, -0.2) is 4.79 Å². The van der Waals surface area contributed by atoms with Gasteiger partial charge in [-0.05, 0) is 34.1 Å². The smallest absolute Gasteiger partial charge is 0.339 e. The highest BCUT2D eigenvalue weighted by Crippen LogP contribution is 2.27. The third kappa shape index (κ3) is 2.76. The van der Waals surface area contributed by atoms with E-state index in [0.29, 0.717) is 4.47 Å².